The normalized spacial score (nSPS) is 16.5. The van der Waals surface area contributed by atoms with Crippen LogP contribution < -0.4 is 16.0 Å². The highest BCUT2D eigenvalue weighted by atomic mass is 16.2. The fraction of sp³-hybridized carbons (Fsp3) is 0.167. The van der Waals surface area contributed by atoms with Crippen LogP contribution in [0.4, 0.5) is 11.4 Å². The van der Waals surface area contributed by atoms with Crippen LogP contribution in [0.1, 0.15) is 22.3 Å². The number of carbonyl (C=O) groups excluding carboxylic acids is 3. The first-order chi connectivity index (χ1) is 11.5. The zero-order chi connectivity index (χ0) is 17.1. The Labute approximate surface area is 139 Å². The number of rotatable bonds is 3. The van der Waals surface area contributed by atoms with Crippen molar-refractivity contribution < 1.29 is 14.4 Å². The summed E-state index contributed by atoms with van der Waals surface area (Å²) in [7, 11) is 0. The average Bonchev–Trinajstić information content (AvgIpc) is 2.67. The standard InChI is InChI=1S/C18H17N3O3/c1-11-6-8-12(9-7-11)19-16(22)10-15-18(24)20-14-5-3-2-4-13(14)17(23)21-15/h2-9,15H,10H2,1H3,(H,19,22)(H,20,24)(H,21,23). The van der Waals surface area contributed by atoms with Crippen LogP contribution >= 0.6 is 0 Å². The first-order valence-corrected chi connectivity index (χ1v) is 7.60. The number of benzene rings is 2. The molecule has 0 aromatic heterocycles. The van der Waals surface area contributed by atoms with Crippen LogP contribution in [-0.2, 0) is 9.59 Å². The molecule has 0 spiro atoms. The lowest BCUT2D eigenvalue weighted by Gasteiger charge is -2.14. The molecular weight excluding hydrogens is 306 g/mol. The van der Waals surface area contributed by atoms with E-state index in [-0.39, 0.29) is 18.2 Å². The Morgan fingerprint density at radius 2 is 1.79 bits per heavy atom. The minimum atomic E-state index is -0.921. The van der Waals surface area contributed by atoms with Gasteiger partial charge in [-0.25, -0.2) is 0 Å². The van der Waals surface area contributed by atoms with Gasteiger partial charge >= 0.3 is 0 Å². The Morgan fingerprint density at radius 3 is 2.54 bits per heavy atom. The molecule has 6 heteroatoms. The Kier molecular flexibility index (Phi) is 4.29. The third kappa shape index (κ3) is 3.43. The van der Waals surface area contributed by atoms with Crippen molar-refractivity contribution in [2.24, 2.45) is 0 Å². The number of hydrogen-bond acceptors (Lipinski definition) is 3. The summed E-state index contributed by atoms with van der Waals surface area (Å²) < 4.78 is 0. The highest BCUT2D eigenvalue weighted by Crippen LogP contribution is 2.19. The molecular formula is C18H17N3O3. The molecule has 0 saturated heterocycles. The van der Waals surface area contributed by atoms with E-state index in [0.717, 1.165) is 5.56 Å². The number of carbonyl (C=O) groups is 3. The van der Waals surface area contributed by atoms with Gasteiger partial charge in [-0.15, -0.1) is 0 Å². The Bertz CT molecular complexity index is 799. The highest BCUT2D eigenvalue weighted by molar-refractivity contribution is 6.11. The maximum atomic E-state index is 12.2. The van der Waals surface area contributed by atoms with E-state index in [9.17, 15) is 14.4 Å². The predicted molar refractivity (Wildman–Crippen MR) is 90.8 cm³/mol. The summed E-state index contributed by atoms with van der Waals surface area (Å²) in [5, 5.41) is 8.00. The number of amides is 3. The van der Waals surface area contributed by atoms with E-state index in [0.29, 0.717) is 16.9 Å². The molecule has 0 fully saturated rings. The van der Waals surface area contributed by atoms with Crippen LogP contribution in [0.15, 0.2) is 48.5 Å². The molecule has 3 rings (SSSR count). The Balaban J connectivity index is 1.69. The van der Waals surface area contributed by atoms with Crippen molar-refractivity contribution in [2.45, 2.75) is 19.4 Å². The summed E-state index contributed by atoms with van der Waals surface area (Å²) >= 11 is 0. The summed E-state index contributed by atoms with van der Waals surface area (Å²) in [6, 6.07) is 13.1. The summed E-state index contributed by atoms with van der Waals surface area (Å²) in [5.41, 5.74) is 2.56. The van der Waals surface area contributed by atoms with Crippen molar-refractivity contribution in [2.75, 3.05) is 10.6 Å². The average molecular weight is 323 g/mol. The van der Waals surface area contributed by atoms with E-state index in [1.54, 1.807) is 36.4 Å². The second-order valence-corrected chi connectivity index (χ2v) is 5.68. The third-order valence-electron chi connectivity index (χ3n) is 3.78. The smallest absolute Gasteiger partial charge is 0.254 e. The van der Waals surface area contributed by atoms with Gasteiger partial charge in [-0.05, 0) is 31.2 Å². The van der Waals surface area contributed by atoms with E-state index in [1.807, 2.05) is 19.1 Å². The van der Waals surface area contributed by atoms with E-state index in [4.69, 9.17) is 0 Å². The molecule has 1 aliphatic heterocycles. The summed E-state index contributed by atoms with van der Waals surface area (Å²) in [6.45, 7) is 1.95. The number of hydrogen-bond donors (Lipinski definition) is 3. The lowest BCUT2D eigenvalue weighted by Crippen LogP contribution is -2.43. The third-order valence-corrected chi connectivity index (χ3v) is 3.78. The van der Waals surface area contributed by atoms with Crippen molar-refractivity contribution in [1.29, 1.82) is 0 Å². The van der Waals surface area contributed by atoms with Crippen LogP contribution in [0.2, 0.25) is 0 Å². The van der Waals surface area contributed by atoms with Crippen molar-refractivity contribution in [3.05, 3.63) is 59.7 Å². The molecule has 3 amide bonds. The maximum absolute atomic E-state index is 12.2. The van der Waals surface area contributed by atoms with Crippen molar-refractivity contribution in [3.63, 3.8) is 0 Å². The first-order valence-electron chi connectivity index (χ1n) is 7.60. The fourth-order valence-electron chi connectivity index (χ4n) is 2.49. The second-order valence-electron chi connectivity index (χ2n) is 5.68. The van der Waals surface area contributed by atoms with E-state index < -0.39 is 11.9 Å². The SMILES string of the molecule is Cc1ccc(NC(=O)CC2NC(=O)c3ccccc3NC2=O)cc1. The van der Waals surface area contributed by atoms with E-state index in [2.05, 4.69) is 16.0 Å². The molecule has 122 valence electrons. The van der Waals surface area contributed by atoms with Gasteiger partial charge in [0, 0.05) is 5.69 Å². The second kappa shape index (κ2) is 6.54. The van der Waals surface area contributed by atoms with E-state index >= 15 is 0 Å². The Hall–Kier alpha value is -3.15. The minimum absolute atomic E-state index is 0.139. The monoisotopic (exact) mass is 323 g/mol. The lowest BCUT2D eigenvalue weighted by atomic mass is 10.1. The molecule has 1 unspecified atom stereocenters. The molecule has 0 radical (unpaired) electrons. The largest absolute Gasteiger partial charge is 0.340 e. The Morgan fingerprint density at radius 1 is 1.08 bits per heavy atom. The summed E-state index contributed by atoms with van der Waals surface area (Å²) in [5.74, 6) is -1.13. The van der Waals surface area contributed by atoms with Crippen molar-refractivity contribution in [3.8, 4) is 0 Å². The van der Waals surface area contributed by atoms with Gasteiger partial charge in [0.05, 0.1) is 17.7 Å². The van der Waals surface area contributed by atoms with Gasteiger partial charge in [-0.2, -0.15) is 0 Å². The lowest BCUT2D eigenvalue weighted by molar-refractivity contribution is -0.122. The molecule has 0 bridgehead atoms. The molecule has 0 saturated carbocycles. The first kappa shape index (κ1) is 15.7. The molecule has 1 aliphatic rings. The molecule has 2 aromatic rings. The maximum Gasteiger partial charge on any atom is 0.254 e. The molecule has 1 heterocycles. The van der Waals surface area contributed by atoms with Gasteiger partial charge in [0.25, 0.3) is 5.91 Å². The topological polar surface area (TPSA) is 87.3 Å². The van der Waals surface area contributed by atoms with Gasteiger partial charge in [0.2, 0.25) is 11.8 Å². The van der Waals surface area contributed by atoms with Crippen molar-refractivity contribution in [1.82, 2.24) is 5.32 Å². The van der Waals surface area contributed by atoms with Gasteiger partial charge in [-0.1, -0.05) is 29.8 Å². The number of fused-ring (bicyclic) bond motifs is 1. The minimum Gasteiger partial charge on any atom is -0.340 e. The summed E-state index contributed by atoms with van der Waals surface area (Å²) in [6.07, 6.45) is -0.139. The highest BCUT2D eigenvalue weighted by Gasteiger charge is 2.29. The number of nitrogens with one attached hydrogen (secondary N) is 3. The van der Waals surface area contributed by atoms with E-state index in [1.165, 1.54) is 0 Å². The van der Waals surface area contributed by atoms with Crippen LogP contribution in [0.25, 0.3) is 0 Å². The summed E-state index contributed by atoms with van der Waals surface area (Å²) in [4.78, 5) is 36.6. The predicted octanol–water partition coefficient (Wildman–Crippen LogP) is 2.07. The van der Waals surface area contributed by atoms with Crippen molar-refractivity contribution >= 4 is 29.1 Å². The quantitative estimate of drug-likeness (QED) is 0.808. The van der Waals surface area contributed by atoms with Gasteiger partial charge in [0.1, 0.15) is 6.04 Å². The van der Waals surface area contributed by atoms with Crippen LogP contribution in [0.5, 0.6) is 0 Å². The van der Waals surface area contributed by atoms with Crippen LogP contribution in [0.3, 0.4) is 0 Å². The molecule has 3 N–H and O–H groups in total. The number of para-hydroxylation sites is 1. The van der Waals surface area contributed by atoms with Gasteiger partial charge < -0.3 is 16.0 Å². The molecule has 6 nitrogen and oxygen atoms in total. The van der Waals surface area contributed by atoms with Crippen LogP contribution in [-0.4, -0.2) is 23.8 Å². The molecule has 24 heavy (non-hydrogen) atoms. The van der Waals surface area contributed by atoms with Gasteiger partial charge in [-0.3, -0.25) is 14.4 Å². The van der Waals surface area contributed by atoms with Crippen LogP contribution in [0, 0.1) is 6.92 Å². The van der Waals surface area contributed by atoms with Gasteiger partial charge in [0.15, 0.2) is 0 Å². The zero-order valence-corrected chi connectivity index (χ0v) is 13.1. The number of aryl methyl sites for hydroxylation is 1. The molecule has 2 aromatic carbocycles. The fourth-order valence-corrected chi connectivity index (χ4v) is 2.49. The zero-order valence-electron chi connectivity index (χ0n) is 13.1. The molecule has 1 atom stereocenters. The number of anilines is 2. The molecule has 0 aliphatic carbocycles.